The lowest BCUT2D eigenvalue weighted by Crippen LogP contribution is -1.94. The van der Waals surface area contributed by atoms with Crippen LogP contribution in [-0.2, 0) is 0 Å². The summed E-state index contributed by atoms with van der Waals surface area (Å²) < 4.78 is 0. The van der Waals surface area contributed by atoms with E-state index >= 15 is 0 Å². The predicted octanol–water partition coefficient (Wildman–Crippen LogP) is 5.08. The van der Waals surface area contributed by atoms with Gasteiger partial charge in [-0.1, -0.05) is 64.6 Å². The van der Waals surface area contributed by atoms with Gasteiger partial charge in [0, 0.05) is 6.20 Å². The Bertz CT molecular complexity index is 524. The summed E-state index contributed by atoms with van der Waals surface area (Å²) >= 11 is 3.01. The van der Waals surface area contributed by atoms with Crippen molar-refractivity contribution in [2.45, 2.75) is 52.6 Å². The summed E-state index contributed by atoms with van der Waals surface area (Å²) in [7, 11) is 0. The van der Waals surface area contributed by atoms with Gasteiger partial charge in [-0.2, -0.15) is 0 Å². The van der Waals surface area contributed by atoms with Crippen LogP contribution in [0.3, 0.4) is 0 Å². The molecule has 0 fully saturated rings. The van der Waals surface area contributed by atoms with Gasteiger partial charge >= 0.3 is 0 Å². The fourth-order valence-corrected chi connectivity index (χ4v) is 2.80. The normalized spacial score (nSPS) is 9.52. The van der Waals surface area contributed by atoms with Crippen LogP contribution < -0.4 is 5.73 Å². The zero-order valence-electron chi connectivity index (χ0n) is 14.0. The van der Waals surface area contributed by atoms with E-state index in [-0.39, 0.29) is 0 Å². The van der Waals surface area contributed by atoms with Gasteiger partial charge in [0.1, 0.15) is 0 Å². The van der Waals surface area contributed by atoms with Crippen LogP contribution >= 0.6 is 23.1 Å². The molecule has 0 aliphatic rings. The van der Waals surface area contributed by atoms with Gasteiger partial charge in [0.2, 0.25) is 0 Å². The SMILES string of the molecule is CC.CC.CSc1nccc(-c2sc(N)nc2C(C)C)n1. The van der Waals surface area contributed by atoms with Gasteiger partial charge in [-0.3, -0.25) is 0 Å². The molecule has 2 heterocycles. The molecule has 0 aromatic carbocycles. The maximum atomic E-state index is 5.78. The van der Waals surface area contributed by atoms with Crippen molar-refractivity contribution >= 4 is 28.2 Å². The van der Waals surface area contributed by atoms with Crippen molar-refractivity contribution in [3.63, 3.8) is 0 Å². The van der Waals surface area contributed by atoms with E-state index in [4.69, 9.17) is 5.73 Å². The molecule has 0 atom stereocenters. The van der Waals surface area contributed by atoms with Crippen molar-refractivity contribution in [1.29, 1.82) is 0 Å². The molecular formula is C15H26N4S2. The van der Waals surface area contributed by atoms with Gasteiger partial charge in [0.15, 0.2) is 10.3 Å². The fourth-order valence-electron chi connectivity index (χ4n) is 1.49. The van der Waals surface area contributed by atoms with Crippen molar-refractivity contribution in [1.82, 2.24) is 15.0 Å². The first-order valence-corrected chi connectivity index (χ1v) is 9.29. The van der Waals surface area contributed by atoms with E-state index in [1.54, 1.807) is 6.20 Å². The lowest BCUT2D eigenvalue weighted by Gasteiger charge is -2.04. The van der Waals surface area contributed by atoms with E-state index in [2.05, 4.69) is 28.8 Å². The number of rotatable bonds is 3. The number of thioether (sulfide) groups is 1. The molecule has 0 saturated carbocycles. The highest BCUT2D eigenvalue weighted by atomic mass is 32.2. The monoisotopic (exact) mass is 326 g/mol. The zero-order chi connectivity index (χ0) is 16.4. The van der Waals surface area contributed by atoms with Crippen LogP contribution in [0.1, 0.15) is 53.2 Å². The zero-order valence-corrected chi connectivity index (χ0v) is 15.6. The van der Waals surface area contributed by atoms with E-state index in [1.165, 1.54) is 23.1 Å². The van der Waals surface area contributed by atoms with Gasteiger partial charge < -0.3 is 5.73 Å². The van der Waals surface area contributed by atoms with Gasteiger partial charge in [-0.25, -0.2) is 15.0 Å². The van der Waals surface area contributed by atoms with E-state index < -0.39 is 0 Å². The Morgan fingerprint density at radius 3 is 2.29 bits per heavy atom. The molecule has 4 nitrogen and oxygen atoms in total. The van der Waals surface area contributed by atoms with Gasteiger partial charge in [0.05, 0.1) is 16.3 Å². The molecule has 0 radical (unpaired) electrons. The summed E-state index contributed by atoms with van der Waals surface area (Å²) in [6.07, 6.45) is 3.73. The molecular weight excluding hydrogens is 300 g/mol. The third-order valence-corrected chi connectivity index (χ3v) is 3.75. The van der Waals surface area contributed by atoms with Crippen molar-refractivity contribution in [2.75, 3.05) is 12.0 Å². The number of aromatic nitrogens is 3. The molecule has 0 aliphatic carbocycles. The third kappa shape index (κ3) is 5.63. The first-order chi connectivity index (χ1) is 10.1. The lowest BCUT2D eigenvalue weighted by molar-refractivity contribution is 0.834. The Kier molecular flexibility index (Phi) is 9.99. The van der Waals surface area contributed by atoms with E-state index in [1.807, 2.05) is 40.0 Å². The van der Waals surface area contributed by atoms with Crippen molar-refractivity contribution < 1.29 is 0 Å². The summed E-state index contributed by atoms with van der Waals surface area (Å²) in [4.78, 5) is 14.1. The number of hydrogen-bond acceptors (Lipinski definition) is 6. The summed E-state index contributed by atoms with van der Waals surface area (Å²) in [5.74, 6) is 0.339. The maximum Gasteiger partial charge on any atom is 0.187 e. The molecule has 0 spiro atoms. The van der Waals surface area contributed by atoms with Crippen LogP contribution in [0.15, 0.2) is 17.4 Å². The fraction of sp³-hybridized carbons (Fsp3) is 0.533. The standard InChI is InChI=1S/C11H14N4S2.2C2H6/c1-6(2)8-9(17-10(12)15-8)7-4-5-13-11(14-7)16-3;2*1-2/h4-6H,1-3H3,(H2,12,15);2*1-2H3. The number of anilines is 1. The number of nitrogens with zero attached hydrogens (tertiary/aromatic N) is 3. The van der Waals surface area contributed by atoms with Crippen molar-refractivity contribution in [3.8, 4) is 10.6 Å². The molecule has 2 rings (SSSR count). The molecule has 2 aromatic heterocycles. The number of thiazole rings is 1. The van der Waals surface area contributed by atoms with Gasteiger partial charge in [0.25, 0.3) is 0 Å². The average molecular weight is 327 g/mol. The minimum atomic E-state index is 0.339. The Morgan fingerprint density at radius 1 is 1.14 bits per heavy atom. The van der Waals surface area contributed by atoms with Crippen LogP contribution in [-0.4, -0.2) is 21.2 Å². The Balaban J connectivity index is 0.000000921. The molecule has 2 N–H and O–H groups in total. The largest absolute Gasteiger partial charge is 0.375 e. The minimum absolute atomic E-state index is 0.339. The molecule has 0 aliphatic heterocycles. The second kappa shape index (κ2) is 10.6. The highest BCUT2D eigenvalue weighted by Crippen LogP contribution is 2.34. The van der Waals surface area contributed by atoms with E-state index in [0.29, 0.717) is 11.0 Å². The molecule has 0 amide bonds. The first-order valence-electron chi connectivity index (χ1n) is 7.25. The number of nitrogens with two attached hydrogens (primary N) is 1. The lowest BCUT2D eigenvalue weighted by atomic mass is 10.1. The quantitative estimate of drug-likeness (QED) is 0.629. The second-order valence-electron chi connectivity index (χ2n) is 3.85. The predicted molar refractivity (Wildman–Crippen MR) is 96.1 cm³/mol. The van der Waals surface area contributed by atoms with Crippen LogP contribution in [0, 0.1) is 0 Å². The Labute approximate surface area is 136 Å². The van der Waals surface area contributed by atoms with Crippen LogP contribution in [0.25, 0.3) is 10.6 Å². The van der Waals surface area contributed by atoms with Crippen LogP contribution in [0.2, 0.25) is 0 Å². The molecule has 0 saturated heterocycles. The topological polar surface area (TPSA) is 64.7 Å². The smallest absolute Gasteiger partial charge is 0.187 e. The molecule has 2 aromatic rings. The van der Waals surface area contributed by atoms with Gasteiger partial charge in [-0.05, 0) is 18.2 Å². The highest BCUT2D eigenvalue weighted by Gasteiger charge is 2.16. The summed E-state index contributed by atoms with van der Waals surface area (Å²) in [5, 5.41) is 1.36. The minimum Gasteiger partial charge on any atom is -0.375 e. The third-order valence-electron chi connectivity index (χ3n) is 2.27. The molecule has 6 heteroatoms. The van der Waals surface area contributed by atoms with Crippen LogP contribution in [0.4, 0.5) is 5.13 Å². The van der Waals surface area contributed by atoms with Crippen molar-refractivity contribution in [3.05, 3.63) is 18.0 Å². The average Bonchev–Trinajstić information content (AvgIpc) is 2.93. The highest BCUT2D eigenvalue weighted by molar-refractivity contribution is 7.98. The number of nitrogen functional groups attached to an aromatic ring is 1. The molecule has 0 bridgehead atoms. The Morgan fingerprint density at radius 2 is 1.76 bits per heavy atom. The van der Waals surface area contributed by atoms with E-state index in [0.717, 1.165) is 21.4 Å². The number of hydrogen-bond donors (Lipinski definition) is 1. The Hall–Kier alpha value is -1.14. The summed E-state index contributed by atoms with van der Waals surface area (Å²) in [5.41, 5.74) is 7.70. The second-order valence-corrected chi connectivity index (χ2v) is 5.65. The van der Waals surface area contributed by atoms with E-state index in [9.17, 15) is 0 Å². The molecule has 0 unspecified atom stereocenters. The van der Waals surface area contributed by atoms with Gasteiger partial charge in [-0.15, -0.1) is 0 Å². The molecule has 21 heavy (non-hydrogen) atoms. The molecule has 118 valence electrons. The van der Waals surface area contributed by atoms with Crippen molar-refractivity contribution in [2.24, 2.45) is 0 Å². The van der Waals surface area contributed by atoms with Crippen LogP contribution in [0.5, 0.6) is 0 Å². The summed E-state index contributed by atoms with van der Waals surface area (Å²) in [6.45, 7) is 12.2. The maximum absolute atomic E-state index is 5.78. The summed E-state index contributed by atoms with van der Waals surface area (Å²) in [6, 6.07) is 1.90. The first kappa shape index (κ1) is 19.9.